The van der Waals surface area contributed by atoms with Crippen molar-refractivity contribution >= 4 is 23.8 Å². The highest BCUT2D eigenvalue weighted by molar-refractivity contribution is 5.82. The molecule has 2 saturated heterocycles. The Balaban J connectivity index is 0.000000592. The second-order valence-corrected chi connectivity index (χ2v) is 7.37. The van der Waals surface area contributed by atoms with Gasteiger partial charge in [0.15, 0.2) is 0 Å². The van der Waals surface area contributed by atoms with Gasteiger partial charge in [-0.3, -0.25) is 14.4 Å². The van der Waals surface area contributed by atoms with Gasteiger partial charge in [-0.25, -0.2) is 4.79 Å². The van der Waals surface area contributed by atoms with Crippen molar-refractivity contribution in [1.82, 2.24) is 15.5 Å². The number of terminal acetylenes is 1. The summed E-state index contributed by atoms with van der Waals surface area (Å²) in [7, 11) is 0. The zero-order valence-corrected chi connectivity index (χ0v) is 16.8. The van der Waals surface area contributed by atoms with Crippen LogP contribution in [0.3, 0.4) is 0 Å². The van der Waals surface area contributed by atoms with E-state index < -0.39 is 24.2 Å². The molecule has 0 aromatic rings. The van der Waals surface area contributed by atoms with E-state index >= 15 is 0 Å². The lowest BCUT2D eigenvalue weighted by Gasteiger charge is -2.33. The number of nitrogens with one attached hydrogen (secondary N) is 2. The number of carbonyl (C=O) groups excluding carboxylic acids is 2. The van der Waals surface area contributed by atoms with Crippen molar-refractivity contribution in [2.45, 2.75) is 44.3 Å². The van der Waals surface area contributed by atoms with Crippen LogP contribution in [0.5, 0.6) is 0 Å². The van der Waals surface area contributed by atoms with Crippen molar-refractivity contribution in [3.63, 3.8) is 0 Å². The maximum atomic E-state index is 12.3. The first kappa shape index (κ1) is 26.2. The molecule has 2 atom stereocenters. The Hall–Kier alpha value is -2.81. The summed E-state index contributed by atoms with van der Waals surface area (Å²) in [5.41, 5.74) is 0. The van der Waals surface area contributed by atoms with Crippen LogP contribution < -0.4 is 10.6 Å². The highest BCUT2D eigenvalue weighted by Gasteiger charge is 2.38. The third-order valence-corrected chi connectivity index (χ3v) is 4.92. The summed E-state index contributed by atoms with van der Waals surface area (Å²) in [6.07, 6.45) is 2.75. The molecule has 2 amide bonds. The van der Waals surface area contributed by atoms with E-state index in [0.717, 1.165) is 25.9 Å². The molecule has 0 bridgehead atoms. The lowest BCUT2D eigenvalue weighted by Crippen LogP contribution is -2.48. The van der Waals surface area contributed by atoms with Gasteiger partial charge in [-0.2, -0.15) is 13.2 Å². The van der Waals surface area contributed by atoms with Crippen LogP contribution in [-0.2, 0) is 19.2 Å². The van der Waals surface area contributed by atoms with Crippen molar-refractivity contribution in [3.05, 3.63) is 0 Å². The lowest BCUT2D eigenvalue weighted by molar-refractivity contribution is -0.192. The van der Waals surface area contributed by atoms with Gasteiger partial charge in [-0.15, -0.1) is 6.42 Å². The molecule has 0 aromatic heterocycles. The van der Waals surface area contributed by atoms with E-state index in [1.54, 1.807) is 4.90 Å². The first-order valence-electron chi connectivity index (χ1n) is 9.71. The highest BCUT2D eigenvalue weighted by atomic mass is 19.4. The van der Waals surface area contributed by atoms with Crippen LogP contribution in [0.25, 0.3) is 0 Å². The van der Waals surface area contributed by atoms with E-state index in [4.69, 9.17) is 21.4 Å². The van der Waals surface area contributed by atoms with Crippen LogP contribution in [0.2, 0.25) is 0 Å². The molecule has 2 heterocycles. The molecule has 0 aromatic carbocycles. The number of hydrogen-bond donors (Lipinski definition) is 4. The standard InChI is InChI=1S/C17H25N3O4.C2HF3O2/c1-2-14(8-16(22)23)19-17(24)13-4-3-7-20(11-13)15(21)6-5-12-9-18-10-12;3-2(4,5)1(6)7/h1,12-14,18H,3-11H2,(H,19,24)(H,22,23);(H,6,7)/t13-,14?;/m1./s1. The van der Waals surface area contributed by atoms with Crippen LogP contribution in [0.1, 0.15) is 32.1 Å². The van der Waals surface area contributed by atoms with Gasteiger partial charge in [0.05, 0.1) is 12.3 Å². The summed E-state index contributed by atoms with van der Waals surface area (Å²) in [5.74, 6) is -1.43. The Morgan fingerprint density at radius 1 is 1.23 bits per heavy atom. The van der Waals surface area contributed by atoms with Gasteiger partial charge < -0.3 is 25.7 Å². The minimum Gasteiger partial charge on any atom is -0.481 e. The Morgan fingerprint density at radius 2 is 1.84 bits per heavy atom. The molecule has 0 spiro atoms. The molecular formula is C19H26F3N3O6. The average molecular weight is 449 g/mol. The van der Waals surface area contributed by atoms with Crippen molar-refractivity contribution in [3.8, 4) is 12.3 Å². The Bertz CT molecular complexity index is 703. The number of carboxylic acids is 2. The molecule has 9 nitrogen and oxygen atoms in total. The SMILES string of the molecule is C#CC(CC(=O)O)NC(=O)[C@@H]1CCCN(C(=O)CCC2CNC2)C1.O=C(O)C(F)(F)F. The molecule has 2 rings (SSSR count). The number of alkyl halides is 3. The van der Waals surface area contributed by atoms with E-state index in [0.29, 0.717) is 31.8 Å². The van der Waals surface area contributed by atoms with Gasteiger partial charge in [0, 0.05) is 19.5 Å². The zero-order valence-electron chi connectivity index (χ0n) is 16.8. The number of rotatable bonds is 7. The fraction of sp³-hybridized carbons (Fsp3) is 0.684. The summed E-state index contributed by atoms with van der Waals surface area (Å²) in [6, 6.07) is -0.813. The maximum Gasteiger partial charge on any atom is 0.490 e. The number of hydrogen-bond acceptors (Lipinski definition) is 5. The topological polar surface area (TPSA) is 136 Å². The molecule has 12 heteroatoms. The largest absolute Gasteiger partial charge is 0.490 e. The molecule has 0 saturated carbocycles. The number of piperidine rings is 1. The van der Waals surface area contributed by atoms with Crippen LogP contribution >= 0.6 is 0 Å². The molecule has 4 N–H and O–H groups in total. The minimum atomic E-state index is -5.08. The number of nitrogens with zero attached hydrogens (tertiary/aromatic N) is 1. The fourth-order valence-corrected chi connectivity index (χ4v) is 3.07. The second kappa shape index (κ2) is 12.1. The van der Waals surface area contributed by atoms with Gasteiger partial charge in [0.1, 0.15) is 6.04 Å². The monoisotopic (exact) mass is 449 g/mol. The number of halogens is 3. The van der Waals surface area contributed by atoms with Crippen molar-refractivity contribution in [2.24, 2.45) is 11.8 Å². The van der Waals surface area contributed by atoms with Gasteiger partial charge >= 0.3 is 18.1 Å². The van der Waals surface area contributed by atoms with E-state index in [9.17, 15) is 27.6 Å². The number of likely N-dealkylation sites (tertiary alicyclic amines) is 1. The zero-order chi connectivity index (χ0) is 23.6. The number of carboxylic acid groups (broad SMARTS) is 2. The highest BCUT2D eigenvalue weighted by Crippen LogP contribution is 2.20. The Morgan fingerprint density at radius 3 is 2.29 bits per heavy atom. The van der Waals surface area contributed by atoms with E-state index in [2.05, 4.69) is 16.6 Å². The van der Waals surface area contributed by atoms with Gasteiger partial charge in [-0.05, 0) is 38.3 Å². The predicted molar refractivity (Wildman–Crippen MR) is 102 cm³/mol. The normalized spacial score (nSPS) is 19.7. The number of amides is 2. The summed E-state index contributed by atoms with van der Waals surface area (Å²) in [5, 5.41) is 21.7. The molecule has 1 unspecified atom stereocenters. The lowest BCUT2D eigenvalue weighted by atomic mass is 9.94. The van der Waals surface area contributed by atoms with E-state index in [1.807, 2.05) is 0 Å². The molecule has 0 radical (unpaired) electrons. The van der Waals surface area contributed by atoms with Gasteiger partial charge in [-0.1, -0.05) is 5.92 Å². The third-order valence-electron chi connectivity index (χ3n) is 4.92. The average Bonchev–Trinajstić information content (AvgIpc) is 2.65. The van der Waals surface area contributed by atoms with Crippen LogP contribution in [0.15, 0.2) is 0 Å². The molecule has 31 heavy (non-hydrogen) atoms. The van der Waals surface area contributed by atoms with Crippen molar-refractivity contribution in [1.29, 1.82) is 0 Å². The molecule has 2 fully saturated rings. The Kier molecular flexibility index (Phi) is 10.3. The van der Waals surface area contributed by atoms with Gasteiger partial charge in [0.2, 0.25) is 11.8 Å². The van der Waals surface area contributed by atoms with Crippen molar-refractivity contribution < 1.29 is 42.6 Å². The molecule has 2 aliphatic rings. The maximum absolute atomic E-state index is 12.3. The molecule has 0 aliphatic carbocycles. The fourth-order valence-electron chi connectivity index (χ4n) is 3.07. The van der Waals surface area contributed by atoms with E-state index in [1.165, 1.54) is 0 Å². The molecule has 174 valence electrons. The van der Waals surface area contributed by atoms with Crippen LogP contribution in [0.4, 0.5) is 13.2 Å². The predicted octanol–water partition coefficient (Wildman–Crippen LogP) is 0.451. The minimum absolute atomic E-state index is 0.0958. The number of carbonyl (C=O) groups is 4. The quantitative estimate of drug-likeness (QED) is 0.415. The first-order valence-corrected chi connectivity index (χ1v) is 9.71. The van der Waals surface area contributed by atoms with Crippen LogP contribution in [-0.4, -0.2) is 77.3 Å². The Labute approximate surface area is 177 Å². The summed E-state index contributed by atoms with van der Waals surface area (Å²) < 4.78 is 31.7. The molecule has 2 aliphatic heterocycles. The van der Waals surface area contributed by atoms with Gasteiger partial charge in [0.25, 0.3) is 0 Å². The number of aliphatic carboxylic acids is 2. The third kappa shape index (κ3) is 9.69. The first-order chi connectivity index (χ1) is 14.4. The second-order valence-electron chi connectivity index (χ2n) is 7.37. The smallest absolute Gasteiger partial charge is 0.481 e. The van der Waals surface area contributed by atoms with Crippen LogP contribution in [0, 0.1) is 24.2 Å². The summed E-state index contributed by atoms with van der Waals surface area (Å²) >= 11 is 0. The van der Waals surface area contributed by atoms with Crippen molar-refractivity contribution in [2.75, 3.05) is 26.2 Å². The summed E-state index contributed by atoms with van der Waals surface area (Å²) in [4.78, 5) is 46.0. The van der Waals surface area contributed by atoms with E-state index in [-0.39, 0.29) is 24.2 Å². The summed E-state index contributed by atoms with van der Waals surface area (Å²) in [6.45, 7) is 3.03. The molecular weight excluding hydrogens is 423 g/mol.